The zero-order valence-corrected chi connectivity index (χ0v) is 18.8. The van der Waals surface area contributed by atoms with Gasteiger partial charge in [0.05, 0.1) is 45.5 Å². The van der Waals surface area contributed by atoms with Crippen molar-refractivity contribution < 1.29 is 26.3 Å². The fourth-order valence-electron chi connectivity index (χ4n) is 3.49. The third-order valence-corrected chi connectivity index (χ3v) is 7.97. The second kappa shape index (κ2) is 9.00. The van der Waals surface area contributed by atoms with Crippen LogP contribution in [0.1, 0.15) is 18.3 Å². The van der Waals surface area contributed by atoms with E-state index in [9.17, 15) is 21.6 Å². The Kier molecular flexibility index (Phi) is 6.48. The lowest BCUT2D eigenvalue weighted by Crippen LogP contribution is -2.40. The van der Waals surface area contributed by atoms with Gasteiger partial charge in [0.15, 0.2) is 0 Å². The first-order valence-corrected chi connectivity index (χ1v) is 12.4. The molecule has 1 fully saturated rings. The summed E-state index contributed by atoms with van der Waals surface area (Å²) in [6.45, 7) is 3.92. The number of aromatic nitrogens is 3. The molecule has 3 aromatic rings. The molecule has 1 saturated heterocycles. The van der Waals surface area contributed by atoms with Crippen molar-refractivity contribution in [1.82, 2.24) is 18.8 Å². The second-order valence-corrected chi connectivity index (χ2v) is 10.0. The van der Waals surface area contributed by atoms with Gasteiger partial charge in [0.2, 0.25) is 10.0 Å². The van der Waals surface area contributed by atoms with E-state index in [4.69, 9.17) is 4.74 Å². The molecule has 3 heterocycles. The minimum Gasteiger partial charge on any atom is -0.379 e. The molecule has 0 radical (unpaired) electrons. The Morgan fingerprint density at radius 1 is 1.16 bits per heavy atom. The Morgan fingerprint density at radius 3 is 2.53 bits per heavy atom. The third kappa shape index (κ3) is 4.63. The number of hydrogen-bond acceptors (Lipinski definition) is 6. The molecule has 0 unspecified atom stereocenters. The number of halogens is 3. The number of aryl methyl sites for hydroxylation is 1. The first kappa shape index (κ1) is 23.0. The fourth-order valence-corrected chi connectivity index (χ4v) is 5.71. The number of thioether (sulfide) groups is 1. The molecule has 32 heavy (non-hydrogen) atoms. The quantitative estimate of drug-likeness (QED) is 0.494. The van der Waals surface area contributed by atoms with Gasteiger partial charge in [0.25, 0.3) is 0 Å². The number of fused-ring (bicyclic) bond motifs is 1. The SMILES string of the molecule is CCn1c(CSc2ccc(C(F)(F)F)cn2)nc2cc(S(=O)(=O)N3CCOCC3)ccc21. The van der Waals surface area contributed by atoms with E-state index in [0.29, 0.717) is 55.0 Å². The molecular formula is C20H21F3N4O3S2. The maximum absolute atomic E-state index is 12.9. The molecule has 0 spiro atoms. The lowest BCUT2D eigenvalue weighted by Gasteiger charge is -2.26. The molecule has 12 heteroatoms. The molecule has 0 atom stereocenters. The highest BCUT2D eigenvalue weighted by Gasteiger charge is 2.30. The molecule has 0 N–H and O–H groups in total. The van der Waals surface area contributed by atoms with Crippen molar-refractivity contribution in [3.05, 3.63) is 47.9 Å². The summed E-state index contributed by atoms with van der Waals surface area (Å²) in [5, 5.41) is 0.447. The van der Waals surface area contributed by atoms with Crippen molar-refractivity contribution >= 4 is 32.8 Å². The fraction of sp³-hybridized carbons (Fsp3) is 0.400. The first-order chi connectivity index (χ1) is 15.2. The highest BCUT2D eigenvalue weighted by atomic mass is 32.2. The van der Waals surface area contributed by atoms with E-state index in [1.165, 1.54) is 22.1 Å². The number of rotatable bonds is 6. The topological polar surface area (TPSA) is 77.3 Å². The summed E-state index contributed by atoms with van der Waals surface area (Å²) >= 11 is 1.27. The van der Waals surface area contributed by atoms with Crippen molar-refractivity contribution in [2.45, 2.75) is 35.3 Å². The predicted molar refractivity (Wildman–Crippen MR) is 114 cm³/mol. The Bertz CT molecular complexity index is 1210. The lowest BCUT2D eigenvalue weighted by atomic mass is 10.3. The molecule has 2 aromatic heterocycles. The van der Waals surface area contributed by atoms with Crippen LogP contribution < -0.4 is 0 Å². The summed E-state index contributed by atoms with van der Waals surface area (Å²) in [6.07, 6.45) is -3.61. The van der Waals surface area contributed by atoms with E-state index in [-0.39, 0.29) is 4.90 Å². The highest BCUT2D eigenvalue weighted by Crippen LogP contribution is 2.31. The van der Waals surface area contributed by atoms with Crippen LogP contribution in [0.5, 0.6) is 0 Å². The van der Waals surface area contributed by atoms with E-state index >= 15 is 0 Å². The van der Waals surface area contributed by atoms with Crippen LogP contribution in [0.25, 0.3) is 11.0 Å². The largest absolute Gasteiger partial charge is 0.417 e. The number of sulfonamides is 1. The van der Waals surface area contributed by atoms with Crippen molar-refractivity contribution in [3.8, 4) is 0 Å². The van der Waals surface area contributed by atoms with Crippen LogP contribution >= 0.6 is 11.8 Å². The van der Waals surface area contributed by atoms with Crippen LogP contribution in [0.3, 0.4) is 0 Å². The number of imidazole rings is 1. The van der Waals surface area contributed by atoms with Gasteiger partial charge in [-0.15, -0.1) is 0 Å². The lowest BCUT2D eigenvalue weighted by molar-refractivity contribution is -0.137. The standard InChI is InChI=1S/C20H21F3N4O3S2/c1-2-27-17-5-4-15(32(28,29)26-7-9-30-10-8-26)11-16(17)25-18(27)13-31-19-6-3-14(12-24-19)20(21,22)23/h3-6,11-12H,2,7-10,13H2,1H3. The maximum Gasteiger partial charge on any atom is 0.417 e. The zero-order chi connectivity index (χ0) is 22.9. The number of ether oxygens (including phenoxy) is 1. The van der Waals surface area contributed by atoms with E-state index in [2.05, 4.69) is 9.97 Å². The van der Waals surface area contributed by atoms with E-state index in [0.717, 1.165) is 17.8 Å². The second-order valence-electron chi connectivity index (χ2n) is 7.11. The number of pyridine rings is 1. The first-order valence-electron chi connectivity index (χ1n) is 9.93. The summed E-state index contributed by atoms with van der Waals surface area (Å²) < 4.78 is 72.6. The molecular weight excluding hydrogens is 465 g/mol. The van der Waals surface area contributed by atoms with Gasteiger partial charge in [0.1, 0.15) is 5.82 Å². The highest BCUT2D eigenvalue weighted by molar-refractivity contribution is 7.98. The number of nitrogens with zero attached hydrogens (tertiary/aromatic N) is 4. The van der Waals surface area contributed by atoms with E-state index in [1.54, 1.807) is 18.2 Å². The van der Waals surface area contributed by atoms with E-state index in [1.807, 2.05) is 11.5 Å². The van der Waals surface area contributed by atoms with Crippen LogP contribution in [-0.4, -0.2) is 53.6 Å². The molecule has 0 bridgehead atoms. The molecule has 0 saturated carbocycles. The molecule has 0 aliphatic carbocycles. The van der Waals surface area contributed by atoms with Gasteiger partial charge in [-0.3, -0.25) is 0 Å². The van der Waals surface area contributed by atoms with Gasteiger partial charge in [-0.25, -0.2) is 18.4 Å². The minimum atomic E-state index is -4.42. The molecule has 172 valence electrons. The molecule has 1 aliphatic heterocycles. The van der Waals surface area contributed by atoms with Crippen LogP contribution in [0.4, 0.5) is 13.2 Å². The van der Waals surface area contributed by atoms with Crippen molar-refractivity contribution in [2.24, 2.45) is 0 Å². The number of alkyl halides is 3. The summed E-state index contributed by atoms with van der Waals surface area (Å²) in [7, 11) is -3.64. The molecule has 1 aliphatic rings. The normalized spacial score (nSPS) is 16.0. The van der Waals surface area contributed by atoms with Crippen LogP contribution in [0, 0.1) is 0 Å². The van der Waals surface area contributed by atoms with Crippen LogP contribution in [-0.2, 0) is 33.2 Å². The molecule has 4 rings (SSSR count). The Hall–Kier alpha value is -2.15. The zero-order valence-electron chi connectivity index (χ0n) is 17.2. The van der Waals surface area contributed by atoms with Crippen LogP contribution in [0.2, 0.25) is 0 Å². The predicted octanol–water partition coefficient (Wildman–Crippen LogP) is 3.78. The summed E-state index contributed by atoms with van der Waals surface area (Å²) in [6, 6.07) is 7.22. The van der Waals surface area contributed by atoms with Gasteiger partial charge in [-0.2, -0.15) is 17.5 Å². The Labute approximate surface area is 187 Å². The summed E-state index contributed by atoms with van der Waals surface area (Å²) in [5.41, 5.74) is 0.554. The van der Waals surface area contributed by atoms with Crippen LogP contribution in [0.15, 0.2) is 46.5 Å². The smallest absolute Gasteiger partial charge is 0.379 e. The molecule has 0 amide bonds. The number of hydrogen-bond donors (Lipinski definition) is 0. The Morgan fingerprint density at radius 2 is 1.91 bits per heavy atom. The number of morpholine rings is 1. The summed E-state index contributed by atoms with van der Waals surface area (Å²) in [4.78, 5) is 8.66. The Balaban J connectivity index is 1.57. The molecule has 7 nitrogen and oxygen atoms in total. The third-order valence-electron chi connectivity index (χ3n) is 5.14. The maximum atomic E-state index is 12.9. The minimum absolute atomic E-state index is 0.177. The average molecular weight is 487 g/mol. The van der Waals surface area contributed by atoms with Crippen molar-refractivity contribution in [1.29, 1.82) is 0 Å². The number of benzene rings is 1. The van der Waals surface area contributed by atoms with Gasteiger partial charge in [0, 0.05) is 25.8 Å². The van der Waals surface area contributed by atoms with Crippen molar-refractivity contribution in [2.75, 3.05) is 26.3 Å². The van der Waals surface area contributed by atoms with E-state index < -0.39 is 21.8 Å². The summed E-state index contributed by atoms with van der Waals surface area (Å²) in [5.74, 6) is 1.07. The monoisotopic (exact) mass is 486 g/mol. The van der Waals surface area contributed by atoms with Gasteiger partial charge in [-0.1, -0.05) is 11.8 Å². The van der Waals surface area contributed by atoms with Gasteiger partial charge in [-0.05, 0) is 37.3 Å². The van der Waals surface area contributed by atoms with Crippen molar-refractivity contribution in [3.63, 3.8) is 0 Å². The van der Waals surface area contributed by atoms with Gasteiger partial charge < -0.3 is 9.30 Å². The van der Waals surface area contributed by atoms with Gasteiger partial charge >= 0.3 is 6.18 Å². The molecule has 1 aromatic carbocycles. The average Bonchev–Trinajstić information content (AvgIpc) is 3.14.